The van der Waals surface area contributed by atoms with Crippen molar-refractivity contribution in [1.29, 1.82) is 0 Å². The van der Waals surface area contributed by atoms with Gasteiger partial charge < -0.3 is 4.74 Å². The summed E-state index contributed by atoms with van der Waals surface area (Å²) in [6.07, 6.45) is 0. The standard InChI is InChI=1S/C3H6ClNOS/c1-5(4)3(7)6-2/h1-2H3. The van der Waals surface area contributed by atoms with Gasteiger partial charge in [-0.1, -0.05) is 0 Å². The van der Waals surface area contributed by atoms with Gasteiger partial charge in [0, 0.05) is 18.8 Å². The summed E-state index contributed by atoms with van der Waals surface area (Å²) in [5.74, 6) is 0. The molecule has 42 valence electrons. The van der Waals surface area contributed by atoms with Gasteiger partial charge in [0.15, 0.2) is 0 Å². The van der Waals surface area contributed by atoms with E-state index in [1.165, 1.54) is 11.5 Å². The Balaban J connectivity index is 3.35. The van der Waals surface area contributed by atoms with Crippen LogP contribution in [-0.2, 0) is 4.74 Å². The van der Waals surface area contributed by atoms with E-state index in [2.05, 4.69) is 17.0 Å². The van der Waals surface area contributed by atoms with Crippen molar-refractivity contribution in [1.82, 2.24) is 4.42 Å². The minimum atomic E-state index is 0.279. The summed E-state index contributed by atoms with van der Waals surface area (Å²) >= 11 is 9.85. The van der Waals surface area contributed by atoms with Gasteiger partial charge in [0.25, 0.3) is 5.17 Å². The van der Waals surface area contributed by atoms with Gasteiger partial charge >= 0.3 is 0 Å². The molecule has 0 aliphatic carbocycles. The average Bonchev–Trinajstić information content (AvgIpc) is 1.65. The zero-order chi connectivity index (χ0) is 5.86. The first kappa shape index (κ1) is 6.98. The molecule has 0 unspecified atom stereocenters. The van der Waals surface area contributed by atoms with Crippen molar-refractivity contribution < 1.29 is 4.74 Å². The third-order valence-electron chi connectivity index (χ3n) is 0.426. The molecule has 2 nitrogen and oxygen atoms in total. The monoisotopic (exact) mass is 139 g/mol. The summed E-state index contributed by atoms with van der Waals surface area (Å²) in [7, 11) is 3.08. The lowest BCUT2D eigenvalue weighted by atomic mass is 11.1. The van der Waals surface area contributed by atoms with Crippen LogP contribution in [0.15, 0.2) is 0 Å². The number of halogens is 1. The van der Waals surface area contributed by atoms with Gasteiger partial charge in [-0.15, -0.1) is 0 Å². The highest BCUT2D eigenvalue weighted by Gasteiger charge is 1.94. The first-order chi connectivity index (χ1) is 3.18. The number of thiocarbonyl (C=S) groups is 1. The number of ether oxygens (including phenoxy) is 1. The molecule has 0 N–H and O–H groups in total. The Morgan fingerprint density at radius 2 is 2.29 bits per heavy atom. The molecule has 4 heteroatoms. The van der Waals surface area contributed by atoms with Gasteiger partial charge in [-0.05, 0) is 12.2 Å². The van der Waals surface area contributed by atoms with E-state index in [-0.39, 0.29) is 5.17 Å². The summed E-state index contributed by atoms with van der Waals surface area (Å²) in [6.45, 7) is 0. The van der Waals surface area contributed by atoms with Crippen LogP contribution in [0.1, 0.15) is 0 Å². The van der Waals surface area contributed by atoms with Crippen LogP contribution in [0.4, 0.5) is 0 Å². The van der Waals surface area contributed by atoms with E-state index in [4.69, 9.17) is 11.8 Å². The normalized spacial score (nSPS) is 7.86. The Hall–Kier alpha value is -0.0200. The number of methoxy groups -OCH3 is 1. The van der Waals surface area contributed by atoms with Crippen LogP contribution in [0.3, 0.4) is 0 Å². The summed E-state index contributed by atoms with van der Waals surface area (Å²) in [5.41, 5.74) is 0. The molecule has 0 spiro atoms. The van der Waals surface area contributed by atoms with Crippen molar-refractivity contribution in [2.24, 2.45) is 0 Å². The predicted molar refractivity (Wildman–Crippen MR) is 33.2 cm³/mol. The molecule has 0 heterocycles. The summed E-state index contributed by atoms with van der Waals surface area (Å²) in [5, 5.41) is 0.279. The first-order valence-corrected chi connectivity index (χ1v) is 2.40. The number of hydrogen-bond acceptors (Lipinski definition) is 2. The van der Waals surface area contributed by atoms with Crippen molar-refractivity contribution in [2.75, 3.05) is 14.2 Å². The fourth-order valence-corrected chi connectivity index (χ4v) is 0.195. The van der Waals surface area contributed by atoms with E-state index in [0.717, 1.165) is 0 Å². The maximum atomic E-state index is 5.30. The van der Waals surface area contributed by atoms with E-state index in [9.17, 15) is 0 Å². The van der Waals surface area contributed by atoms with Gasteiger partial charge in [-0.25, -0.2) is 4.42 Å². The molecule has 0 aliphatic rings. The maximum absolute atomic E-state index is 5.30. The van der Waals surface area contributed by atoms with Crippen LogP contribution in [0, 0.1) is 0 Å². The van der Waals surface area contributed by atoms with Crippen LogP contribution < -0.4 is 0 Å². The highest BCUT2D eigenvalue weighted by atomic mass is 35.5. The van der Waals surface area contributed by atoms with Gasteiger partial charge in [-0.3, -0.25) is 0 Å². The van der Waals surface area contributed by atoms with Gasteiger partial charge in [0.05, 0.1) is 7.11 Å². The molecule has 0 saturated heterocycles. The van der Waals surface area contributed by atoms with Crippen molar-refractivity contribution in [3.8, 4) is 0 Å². The second kappa shape index (κ2) is 3.04. The number of rotatable bonds is 0. The Kier molecular flexibility index (Phi) is 3.04. The second-order valence-corrected chi connectivity index (χ2v) is 1.80. The first-order valence-electron chi connectivity index (χ1n) is 1.66. The average molecular weight is 140 g/mol. The van der Waals surface area contributed by atoms with E-state index >= 15 is 0 Å². The quantitative estimate of drug-likeness (QED) is 0.367. The summed E-state index contributed by atoms with van der Waals surface area (Å²) in [6, 6.07) is 0. The lowest BCUT2D eigenvalue weighted by molar-refractivity contribution is 0.372. The minimum absolute atomic E-state index is 0.279. The Bertz CT molecular complexity index is 75.3. The molecule has 0 aromatic rings. The topological polar surface area (TPSA) is 12.5 Å². The lowest BCUT2D eigenvalue weighted by Crippen LogP contribution is -2.14. The highest BCUT2D eigenvalue weighted by molar-refractivity contribution is 7.80. The van der Waals surface area contributed by atoms with E-state index in [0.29, 0.717) is 0 Å². The molecule has 0 radical (unpaired) electrons. The van der Waals surface area contributed by atoms with Crippen LogP contribution in [-0.4, -0.2) is 23.8 Å². The van der Waals surface area contributed by atoms with Crippen LogP contribution in [0.5, 0.6) is 0 Å². The SMILES string of the molecule is COC(=S)N(C)Cl. The largest absolute Gasteiger partial charge is 0.473 e. The molecule has 0 bridgehead atoms. The van der Waals surface area contributed by atoms with Crippen molar-refractivity contribution >= 4 is 29.2 Å². The van der Waals surface area contributed by atoms with Gasteiger partial charge in [-0.2, -0.15) is 0 Å². The smallest absolute Gasteiger partial charge is 0.273 e. The molecule has 0 atom stereocenters. The predicted octanol–water partition coefficient (Wildman–Crippen LogP) is 1.00. The van der Waals surface area contributed by atoms with E-state index < -0.39 is 0 Å². The Morgan fingerprint density at radius 3 is 2.29 bits per heavy atom. The number of nitrogens with zero attached hydrogens (tertiary/aromatic N) is 1. The fourth-order valence-electron chi connectivity index (χ4n) is 0.126. The summed E-state index contributed by atoms with van der Waals surface area (Å²) < 4.78 is 5.74. The van der Waals surface area contributed by atoms with Crippen molar-refractivity contribution in [3.63, 3.8) is 0 Å². The molecular formula is C3H6ClNOS. The molecule has 0 saturated carbocycles. The van der Waals surface area contributed by atoms with Crippen LogP contribution in [0.25, 0.3) is 0 Å². The zero-order valence-electron chi connectivity index (χ0n) is 4.14. The van der Waals surface area contributed by atoms with Gasteiger partial charge in [0.1, 0.15) is 0 Å². The minimum Gasteiger partial charge on any atom is -0.473 e. The summed E-state index contributed by atoms with van der Waals surface area (Å²) in [4.78, 5) is 0. The molecule has 7 heavy (non-hydrogen) atoms. The second-order valence-electron chi connectivity index (χ2n) is 0.947. The third kappa shape index (κ3) is 2.65. The third-order valence-corrected chi connectivity index (χ3v) is 1.12. The van der Waals surface area contributed by atoms with Crippen molar-refractivity contribution in [3.05, 3.63) is 0 Å². The molecule has 0 fully saturated rings. The lowest BCUT2D eigenvalue weighted by Gasteiger charge is -2.05. The van der Waals surface area contributed by atoms with E-state index in [1.54, 1.807) is 7.05 Å². The van der Waals surface area contributed by atoms with Crippen LogP contribution >= 0.6 is 24.0 Å². The van der Waals surface area contributed by atoms with Gasteiger partial charge in [0.2, 0.25) is 0 Å². The van der Waals surface area contributed by atoms with Crippen LogP contribution in [0.2, 0.25) is 0 Å². The Labute approximate surface area is 53.1 Å². The molecule has 0 aromatic carbocycles. The molecule has 0 amide bonds. The molecule has 0 rings (SSSR count). The Morgan fingerprint density at radius 1 is 1.86 bits per heavy atom. The van der Waals surface area contributed by atoms with Crippen molar-refractivity contribution in [2.45, 2.75) is 0 Å². The highest BCUT2D eigenvalue weighted by Crippen LogP contribution is 1.90. The molecule has 0 aliphatic heterocycles. The fraction of sp³-hybridized carbons (Fsp3) is 0.667. The maximum Gasteiger partial charge on any atom is 0.273 e. The molecule has 0 aromatic heterocycles. The molecular weight excluding hydrogens is 134 g/mol. The van der Waals surface area contributed by atoms with E-state index in [1.807, 2.05) is 0 Å². The zero-order valence-corrected chi connectivity index (χ0v) is 5.71. The number of hydrogen-bond donors (Lipinski definition) is 0.